The molecule has 1 amide bonds. The maximum atomic E-state index is 11.5. The van der Waals surface area contributed by atoms with Gasteiger partial charge >= 0.3 is 0 Å². The van der Waals surface area contributed by atoms with E-state index in [2.05, 4.69) is 21.1 Å². The van der Waals surface area contributed by atoms with Gasteiger partial charge in [0, 0.05) is 24.4 Å². The van der Waals surface area contributed by atoms with Crippen LogP contribution in [0.5, 0.6) is 0 Å². The first-order valence-corrected chi connectivity index (χ1v) is 5.64. The Morgan fingerprint density at radius 3 is 3.14 bits per heavy atom. The normalized spacial score (nSPS) is 21.9. The van der Waals surface area contributed by atoms with Crippen molar-refractivity contribution in [2.75, 3.05) is 11.9 Å². The number of hydrogen-bond acceptors (Lipinski definition) is 3. The van der Waals surface area contributed by atoms with Gasteiger partial charge < -0.3 is 9.42 Å². The van der Waals surface area contributed by atoms with Gasteiger partial charge in [0.25, 0.3) is 0 Å². The maximum Gasteiger partial charge on any atom is 0.223 e. The second-order valence-electron chi connectivity index (χ2n) is 3.49. The molecule has 1 unspecified atom stereocenters. The Morgan fingerprint density at radius 1 is 1.71 bits per heavy atom. The highest BCUT2D eigenvalue weighted by molar-refractivity contribution is 9.09. The van der Waals surface area contributed by atoms with Gasteiger partial charge in [-0.1, -0.05) is 21.1 Å². The summed E-state index contributed by atoms with van der Waals surface area (Å²) in [5.41, 5.74) is 0.813. The van der Waals surface area contributed by atoms with Gasteiger partial charge in [0.1, 0.15) is 12.0 Å². The van der Waals surface area contributed by atoms with E-state index in [0.717, 1.165) is 17.6 Å². The molecule has 1 aromatic heterocycles. The maximum absolute atomic E-state index is 11.5. The molecule has 0 aromatic carbocycles. The molecule has 1 fully saturated rings. The van der Waals surface area contributed by atoms with Crippen LogP contribution in [-0.4, -0.2) is 27.8 Å². The molecule has 14 heavy (non-hydrogen) atoms. The molecule has 0 spiro atoms. The first kappa shape index (κ1) is 9.71. The summed E-state index contributed by atoms with van der Waals surface area (Å²) >= 11 is 3.40. The van der Waals surface area contributed by atoms with Crippen LogP contribution in [0.25, 0.3) is 0 Å². The van der Waals surface area contributed by atoms with Crippen LogP contribution in [0.1, 0.15) is 12.1 Å². The number of hydrogen-bond donors (Lipinski definition) is 0. The predicted octanol–water partition coefficient (Wildman–Crippen LogP) is 1.42. The molecule has 0 N–H and O–H groups in total. The number of carbonyl (C=O) groups is 1. The second kappa shape index (κ2) is 4.13. The zero-order valence-corrected chi connectivity index (χ0v) is 9.24. The Balaban J connectivity index is 1.96. The van der Waals surface area contributed by atoms with Gasteiger partial charge in [-0.2, -0.15) is 0 Å². The van der Waals surface area contributed by atoms with Crippen molar-refractivity contribution in [2.24, 2.45) is 5.92 Å². The van der Waals surface area contributed by atoms with Crippen LogP contribution in [0.2, 0.25) is 0 Å². The lowest BCUT2D eigenvalue weighted by atomic mass is 10.2. The summed E-state index contributed by atoms with van der Waals surface area (Å²) in [5, 5.41) is 4.67. The van der Waals surface area contributed by atoms with Crippen molar-refractivity contribution in [2.45, 2.75) is 13.0 Å². The van der Waals surface area contributed by atoms with Crippen molar-refractivity contribution in [3.8, 4) is 0 Å². The summed E-state index contributed by atoms with van der Waals surface area (Å²) in [7, 11) is 0. The van der Waals surface area contributed by atoms with E-state index in [9.17, 15) is 4.79 Å². The molecule has 1 aromatic rings. The summed E-state index contributed by atoms with van der Waals surface area (Å²) in [6.45, 7) is 1.38. The van der Waals surface area contributed by atoms with E-state index in [1.54, 1.807) is 6.07 Å². The molecule has 1 atom stereocenters. The Kier molecular flexibility index (Phi) is 2.86. The molecular formula is C9H11BrN2O2. The largest absolute Gasteiger partial charge is 0.364 e. The molecule has 0 aliphatic carbocycles. The van der Waals surface area contributed by atoms with Crippen LogP contribution in [0.4, 0.5) is 0 Å². The van der Waals surface area contributed by atoms with Crippen molar-refractivity contribution in [3.63, 3.8) is 0 Å². The molecule has 0 saturated carbocycles. The van der Waals surface area contributed by atoms with Crippen molar-refractivity contribution in [3.05, 3.63) is 18.0 Å². The number of carbonyl (C=O) groups excluding carboxylic acids is 1. The van der Waals surface area contributed by atoms with Gasteiger partial charge in [-0.3, -0.25) is 4.79 Å². The minimum Gasteiger partial charge on any atom is -0.364 e. The molecule has 76 valence electrons. The van der Waals surface area contributed by atoms with Crippen molar-refractivity contribution < 1.29 is 9.32 Å². The van der Waals surface area contributed by atoms with Crippen LogP contribution in [-0.2, 0) is 11.3 Å². The average Bonchev–Trinajstić information content (AvgIpc) is 2.78. The molecule has 2 rings (SSSR count). The number of likely N-dealkylation sites (tertiary alicyclic amines) is 1. The fraction of sp³-hybridized carbons (Fsp3) is 0.556. The fourth-order valence-electron chi connectivity index (χ4n) is 1.62. The molecule has 2 heterocycles. The van der Waals surface area contributed by atoms with E-state index >= 15 is 0 Å². The molecule has 0 bridgehead atoms. The Bertz CT molecular complexity index is 313. The van der Waals surface area contributed by atoms with E-state index in [-0.39, 0.29) is 5.91 Å². The number of nitrogens with zero attached hydrogens (tertiary/aromatic N) is 2. The predicted molar refractivity (Wildman–Crippen MR) is 53.8 cm³/mol. The van der Waals surface area contributed by atoms with Gasteiger partial charge in [-0.25, -0.2) is 0 Å². The van der Waals surface area contributed by atoms with Gasteiger partial charge in [0.2, 0.25) is 5.91 Å². The van der Waals surface area contributed by atoms with Crippen LogP contribution < -0.4 is 0 Å². The average molecular weight is 259 g/mol. The lowest BCUT2D eigenvalue weighted by molar-refractivity contribution is -0.128. The summed E-state index contributed by atoms with van der Waals surface area (Å²) in [5.74, 6) is 0.645. The topological polar surface area (TPSA) is 46.3 Å². The minimum atomic E-state index is 0.206. The number of aromatic nitrogens is 1. The summed E-state index contributed by atoms with van der Waals surface area (Å²) in [6.07, 6.45) is 2.17. The van der Waals surface area contributed by atoms with Gasteiger partial charge in [-0.15, -0.1) is 0 Å². The van der Waals surface area contributed by atoms with Crippen molar-refractivity contribution in [1.29, 1.82) is 0 Å². The Hall–Kier alpha value is -0.840. The third-order valence-corrected chi connectivity index (χ3v) is 3.27. The highest BCUT2D eigenvalue weighted by atomic mass is 79.9. The minimum absolute atomic E-state index is 0.206. The fourth-order valence-corrected chi connectivity index (χ4v) is 2.06. The van der Waals surface area contributed by atoms with E-state index < -0.39 is 0 Å². The van der Waals surface area contributed by atoms with Crippen molar-refractivity contribution in [1.82, 2.24) is 10.1 Å². The molecule has 0 radical (unpaired) electrons. The SMILES string of the molecule is O=C1CC(CBr)CN1Cc1ccon1. The van der Waals surface area contributed by atoms with Crippen molar-refractivity contribution >= 4 is 21.8 Å². The molecule has 1 aliphatic heterocycles. The number of alkyl halides is 1. The number of amides is 1. The van der Waals surface area contributed by atoms with Gasteiger partial charge in [0.15, 0.2) is 0 Å². The first-order chi connectivity index (χ1) is 6.79. The lowest BCUT2D eigenvalue weighted by Gasteiger charge is -2.13. The zero-order valence-electron chi connectivity index (χ0n) is 7.65. The van der Waals surface area contributed by atoms with Crippen LogP contribution in [0.3, 0.4) is 0 Å². The highest BCUT2D eigenvalue weighted by Crippen LogP contribution is 2.20. The van der Waals surface area contributed by atoms with Crippen LogP contribution >= 0.6 is 15.9 Å². The first-order valence-electron chi connectivity index (χ1n) is 4.52. The monoisotopic (exact) mass is 258 g/mol. The Labute approximate surface area is 90.4 Å². The van der Waals surface area contributed by atoms with Crippen LogP contribution in [0, 0.1) is 5.92 Å². The standard InChI is InChI=1S/C9H11BrN2O2/c10-4-7-3-9(13)12(5-7)6-8-1-2-14-11-8/h1-2,7H,3-6H2. The molecule has 4 nitrogen and oxygen atoms in total. The number of halogens is 1. The summed E-state index contributed by atoms with van der Waals surface area (Å²) in [4.78, 5) is 13.3. The molecule has 1 saturated heterocycles. The summed E-state index contributed by atoms with van der Waals surface area (Å²) < 4.78 is 4.72. The second-order valence-corrected chi connectivity index (χ2v) is 4.14. The lowest BCUT2D eigenvalue weighted by Crippen LogP contribution is -2.24. The molecular weight excluding hydrogens is 248 g/mol. The third kappa shape index (κ3) is 1.97. The zero-order chi connectivity index (χ0) is 9.97. The highest BCUT2D eigenvalue weighted by Gasteiger charge is 2.28. The van der Waals surface area contributed by atoms with E-state index in [1.807, 2.05) is 4.90 Å². The molecule has 1 aliphatic rings. The van der Waals surface area contributed by atoms with Crippen LogP contribution in [0.15, 0.2) is 16.9 Å². The smallest absolute Gasteiger partial charge is 0.223 e. The third-order valence-electron chi connectivity index (χ3n) is 2.36. The summed E-state index contributed by atoms with van der Waals surface area (Å²) in [6, 6.07) is 1.79. The molecule has 5 heteroatoms. The van der Waals surface area contributed by atoms with Gasteiger partial charge in [-0.05, 0) is 5.92 Å². The number of rotatable bonds is 3. The quantitative estimate of drug-likeness (QED) is 0.771. The van der Waals surface area contributed by atoms with E-state index in [4.69, 9.17) is 4.52 Å². The van der Waals surface area contributed by atoms with E-state index in [1.165, 1.54) is 6.26 Å². The van der Waals surface area contributed by atoms with Gasteiger partial charge in [0.05, 0.1) is 6.54 Å². The van der Waals surface area contributed by atoms with E-state index in [0.29, 0.717) is 18.9 Å². The Morgan fingerprint density at radius 2 is 2.57 bits per heavy atom.